The lowest BCUT2D eigenvalue weighted by Crippen LogP contribution is -2.22. The molecule has 5 heteroatoms. The lowest BCUT2D eigenvalue weighted by molar-refractivity contribution is 0.354. The van der Waals surface area contributed by atoms with Crippen LogP contribution < -0.4 is 14.8 Å². The minimum atomic E-state index is 0.436. The molecule has 1 aromatic heterocycles. The van der Waals surface area contributed by atoms with E-state index in [-0.39, 0.29) is 0 Å². The summed E-state index contributed by atoms with van der Waals surface area (Å²) in [5.74, 6) is 1.53. The van der Waals surface area contributed by atoms with Gasteiger partial charge in [-0.15, -0.1) is 11.3 Å². The number of hydrogen-bond acceptors (Lipinski definition) is 5. The van der Waals surface area contributed by atoms with Gasteiger partial charge in [-0.05, 0) is 23.3 Å². The second-order valence-corrected chi connectivity index (χ2v) is 6.09. The van der Waals surface area contributed by atoms with E-state index in [1.807, 2.05) is 11.6 Å². The maximum Gasteiger partial charge on any atom is 0.161 e. The predicted molar refractivity (Wildman–Crippen MR) is 86.4 cm³/mol. The van der Waals surface area contributed by atoms with Crippen LogP contribution in [0.25, 0.3) is 0 Å². The highest BCUT2D eigenvalue weighted by atomic mass is 32.1. The van der Waals surface area contributed by atoms with Gasteiger partial charge in [0.15, 0.2) is 11.5 Å². The normalized spacial score (nSPS) is 10.9. The number of nitrogens with one attached hydrogen (secondary N) is 1. The molecule has 1 aromatic carbocycles. The van der Waals surface area contributed by atoms with Crippen molar-refractivity contribution in [2.45, 2.75) is 32.9 Å². The second kappa shape index (κ2) is 7.43. The number of ether oxygens (including phenoxy) is 2. The summed E-state index contributed by atoms with van der Waals surface area (Å²) < 4.78 is 10.8. The Bertz CT molecular complexity index is 568. The van der Waals surface area contributed by atoms with E-state index in [2.05, 4.69) is 36.3 Å². The summed E-state index contributed by atoms with van der Waals surface area (Å²) in [5, 5.41) is 6.56. The smallest absolute Gasteiger partial charge is 0.161 e. The first-order chi connectivity index (χ1) is 10.1. The number of methoxy groups -OCH3 is 2. The molecule has 1 N–H and O–H groups in total. The zero-order valence-electron chi connectivity index (χ0n) is 13.0. The van der Waals surface area contributed by atoms with Crippen LogP contribution in [-0.2, 0) is 13.0 Å². The minimum absolute atomic E-state index is 0.436. The van der Waals surface area contributed by atoms with Gasteiger partial charge in [-0.2, -0.15) is 0 Å². The van der Waals surface area contributed by atoms with Crippen LogP contribution in [0, 0.1) is 0 Å². The van der Waals surface area contributed by atoms with E-state index < -0.39 is 0 Å². The van der Waals surface area contributed by atoms with Gasteiger partial charge >= 0.3 is 0 Å². The van der Waals surface area contributed by atoms with Crippen LogP contribution in [0.3, 0.4) is 0 Å². The predicted octanol–water partition coefficient (Wildman–Crippen LogP) is 3.25. The molecule has 0 saturated carbocycles. The lowest BCUT2D eigenvalue weighted by atomic mass is 10.0. The van der Waals surface area contributed by atoms with Gasteiger partial charge in [0.1, 0.15) is 0 Å². The first kappa shape index (κ1) is 15.8. The maximum absolute atomic E-state index is 5.41. The molecule has 0 saturated heterocycles. The van der Waals surface area contributed by atoms with Crippen molar-refractivity contribution in [2.75, 3.05) is 14.2 Å². The Balaban J connectivity index is 2.33. The van der Waals surface area contributed by atoms with Crippen LogP contribution in [-0.4, -0.2) is 25.2 Å². The van der Waals surface area contributed by atoms with Gasteiger partial charge in [0.05, 0.1) is 19.2 Å². The quantitative estimate of drug-likeness (QED) is 0.853. The van der Waals surface area contributed by atoms with E-state index in [4.69, 9.17) is 9.47 Å². The molecule has 0 bridgehead atoms. The number of benzene rings is 1. The van der Waals surface area contributed by atoms with Crippen molar-refractivity contribution in [1.29, 1.82) is 0 Å². The number of thiazole rings is 1. The van der Waals surface area contributed by atoms with Crippen LogP contribution in [0.2, 0.25) is 0 Å². The van der Waals surface area contributed by atoms with Crippen LogP contribution in [0.5, 0.6) is 11.5 Å². The molecule has 21 heavy (non-hydrogen) atoms. The van der Waals surface area contributed by atoms with Gasteiger partial charge in [0.2, 0.25) is 0 Å². The molecule has 0 unspecified atom stereocenters. The molecule has 0 aliphatic heterocycles. The summed E-state index contributed by atoms with van der Waals surface area (Å²) >= 11 is 1.67. The van der Waals surface area contributed by atoms with Crippen molar-refractivity contribution in [3.05, 3.63) is 39.8 Å². The fourth-order valence-electron chi connectivity index (χ4n) is 2.11. The van der Waals surface area contributed by atoms with Crippen molar-refractivity contribution in [2.24, 2.45) is 0 Å². The Hall–Kier alpha value is -1.59. The van der Waals surface area contributed by atoms with E-state index in [9.17, 15) is 0 Å². The fraction of sp³-hybridized carbons (Fsp3) is 0.438. The SMILES string of the molecule is COc1cc(CNC(C)C)c(Cc2nccs2)cc1OC. The third-order valence-corrected chi connectivity index (χ3v) is 4.01. The first-order valence-corrected chi connectivity index (χ1v) is 7.87. The van der Waals surface area contributed by atoms with Crippen molar-refractivity contribution in [3.63, 3.8) is 0 Å². The molecule has 2 aromatic rings. The standard InChI is InChI=1S/C16H22N2O2S/c1-11(2)18-10-13-8-15(20-4)14(19-3)7-12(13)9-16-17-5-6-21-16/h5-8,11,18H,9-10H2,1-4H3. The van der Waals surface area contributed by atoms with Gasteiger partial charge < -0.3 is 14.8 Å². The molecule has 4 nitrogen and oxygen atoms in total. The topological polar surface area (TPSA) is 43.4 Å². The van der Waals surface area contributed by atoms with Gasteiger partial charge in [-0.1, -0.05) is 13.8 Å². The molecular weight excluding hydrogens is 284 g/mol. The minimum Gasteiger partial charge on any atom is -0.493 e. The third kappa shape index (κ3) is 4.19. The van der Waals surface area contributed by atoms with Crippen LogP contribution >= 0.6 is 11.3 Å². The van der Waals surface area contributed by atoms with Gasteiger partial charge in [-0.25, -0.2) is 4.98 Å². The van der Waals surface area contributed by atoms with E-state index in [0.717, 1.165) is 29.5 Å². The first-order valence-electron chi connectivity index (χ1n) is 6.99. The zero-order valence-corrected chi connectivity index (χ0v) is 13.8. The number of hydrogen-bond donors (Lipinski definition) is 1. The number of aromatic nitrogens is 1. The summed E-state index contributed by atoms with van der Waals surface area (Å²) in [6.45, 7) is 5.08. The molecule has 114 valence electrons. The molecular formula is C16H22N2O2S. The highest BCUT2D eigenvalue weighted by Crippen LogP contribution is 2.32. The van der Waals surface area contributed by atoms with Crippen LogP contribution in [0.4, 0.5) is 0 Å². The molecule has 0 aliphatic rings. The number of nitrogens with zero attached hydrogens (tertiary/aromatic N) is 1. The van der Waals surface area contributed by atoms with E-state index in [1.165, 1.54) is 11.1 Å². The second-order valence-electron chi connectivity index (χ2n) is 5.11. The number of rotatable bonds is 7. The van der Waals surface area contributed by atoms with Gasteiger partial charge in [0, 0.05) is 30.6 Å². The highest BCUT2D eigenvalue weighted by molar-refractivity contribution is 7.09. The molecule has 2 rings (SSSR count). The molecule has 0 atom stereocenters. The highest BCUT2D eigenvalue weighted by Gasteiger charge is 2.13. The Morgan fingerprint density at radius 1 is 1.14 bits per heavy atom. The van der Waals surface area contributed by atoms with E-state index >= 15 is 0 Å². The Labute approximate surface area is 130 Å². The van der Waals surface area contributed by atoms with Gasteiger partial charge in [-0.3, -0.25) is 0 Å². The summed E-state index contributed by atoms with van der Waals surface area (Å²) in [5.41, 5.74) is 2.44. The third-order valence-electron chi connectivity index (χ3n) is 3.23. The van der Waals surface area contributed by atoms with Crippen molar-refractivity contribution < 1.29 is 9.47 Å². The van der Waals surface area contributed by atoms with Gasteiger partial charge in [0.25, 0.3) is 0 Å². The lowest BCUT2D eigenvalue weighted by Gasteiger charge is -2.16. The molecule has 0 spiro atoms. The van der Waals surface area contributed by atoms with E-state index in [1.54, 1.807) is 25.6 Å². The molecule has 0 amide bonds. The molecule has 0 radical (unpaired) electrons. The van der Waals surface area contributed by atoms with Crippen LogP contribution in [0.15, 0.2) is 23.7 Å². The Morgan fingerprint density at radius 3 is 2.33 bits per heavy atom. The van der Waals surface area contributed by atoms with E-state index in [0.29, 0.717) is 6.04 Å². The largest absolute Gasteiger partial charge is 0.493 e. The Kier molecular flexibility index (Phi) is 5.59. The monoisotopic (exact) mass is 306 g/mol. The Morgan fingerprint density at radius 2 is 1.81 bits per heavy atom. The molecule has 0 fully saturated rings. The summed E-state index contributed by atoms with van der Waals surface area (Å²) in [6, 6.07) is 4.54. The molecule has 1 heterocycles. The summed E-state index contributed by atoms with van der Waals surface area (Å²) in [6.07, 6.45) is 2.65. The average molecular weight is 306 g/mol. The van der Waals surface area contributed by atoms with Crippen molar-refractivity contribution in [1.82, 2.24) is 10.3 Å². The van der Waals surface area contributed by atoms with Crippen molar-refractivity contribution >= 4 is 11.3 Å². The fourth-order valence-corrected chi connectivity index (χ4v) is 2.75. The molecule has 0 aliphatic carbocycles. The summed E-state index contributed by atoms with van der Waals surface area (Å²) in [7, 11) is 3.33. The van der Waals surface area contributed by atoms with Crippen LogP contribution in [0.1, 0.15) is 30.0 Å². The summed E-state index contributed by atoms with van der Waals surface area (Å²) in [4.78, 5) is 4.37. The zero-order chi connectivity index (χ0) is 15.2. The average Bonchev–Trinajstić information content (AvgIpc) is 2.98. The maximum atomic E-state index is 5.41. The van der Waals surface area contributed by atoms with Crippen molar-refractivity contribution in [3.8, 4) is 11.5 Å².